The van der Waals surface area contributed by atoms with Crippen LogP contribution in [0.4, 0.5) is 11.4 Å². The first-order chi connectivity index (χ1) is 8.47. The second-order valence-electron chi connectivity index (χ2n) is 4.04. The van der Waals surface area contributed by atoms with Gasteiger partial charge >= 0.3 is 5.69 Å². The third kappa shape index (κ3) is 3.33. The molecule has 0 aliphatic rings. The lowest BCUT2D eigenvalue weighted by Crippen LogP contribution is -2.27. The third-order valence-corrected chi connectivity index (χ3v) is 2.41. The number of likely N-dealkylation sites (N-methyl/N-ethyl adjacent to an activating group) is 1. The molecule has 0 aliphatic heterocycles. The van der Waals surface area contributed by atoms with Crippen molar-refractivity contribution in [1.29, 1.82) is 0 Å². The van der Waals surface area contributed by atoms with Crippen LogP contribution in [0.2, 0.25) is 0 Å². The smallest absolute Gasteiger partial charge is 0.333 e. The minimum Gasteiger partial charge on any atom is -0.487 e. The van der Waals surface area contributed by atoms with E-state index in [0.29, 0.717) is 18.8 Å². The first kappa shape index (κ1) is 14.2. The van der Waals surface area contributed by atoms with Gasteiger partial charge in [-0.25, -0.2) is 0 Å². The fourth-order valence-corrected chi connectivity index (χ4v) is 1.77. The summed E-state index contributed by atoms with van der Waals surface area (Å²) in [6.45, 7) is 4.09. The molecule has 1 rings (SSSR count). The molecule has 0 aromatic heterocycles. The van der Waals surface area contributed by atoms with Gasteiger partial charge in [-0.1, -0.05) is 6.07 Å². The normalized spacial score (nSPS) is 12.0. The zero-order valence-electron chi connectivity index (χ0n) is 10.8. The van der Waals surface area contributed by atoms with E-state index in [-0.39, 0.29) is 11.4 Å². The van der Waals surface area contributed by atoms with Crippen molar-refractivity contribution in [3.8, 4) is 5.75 Å². The van der Waals surface area contributed by atoms with E-state index >= 15 is 0 Å². The van der Waals surface area contributed by atoms with Crippen molar-refractivity contribution in [3.05, 3.63) is 28.3 Å². The summed E-state index contributed by atoms with van der Waals surface area (Å²) >= 11 is 0. The van der Waals surface area contributed by atoms with Crippen LogP contribution in [0.3, 0.4) is 0 Å². The largest absolute Gasteiger partial charge is 0.487 e. The van der Waals surface area contributed by atoms with Crippen molar-refractivity contribution in [1.82, 2.24) is 0 Å². The first-order valence-electron chi connectivity index (χ1n) is 5.76. The highest BCUT2D eigenvalue weighted by Gasteiger charge is 2.23. The van der Waals surface area contributed by atoms with E-state index in [1.54, 1.807) is 44.0 Å². The predicted octanol–water partition coefficient (Wildman–Crippen LogP) is 1.81. The topological polar surface area (TPSA) is 75.8 Å². The highest BCUT2D eigenvalue weighted by atomic mass is 16.6. The standard InChI is InChI=1S/C12H18N2O4/c1-4-18-11-7-5-6-10(12(11)14(16)17)13(3)8-9(2)15/h5-7,9,15H,4,8H2,1-3H3. The Balaban J connectivity index is 3.17. The zero-order valence-corrected chi connectivity index (χ0v) is 10.8. The van der Waals surface area contributed by atoms with E-state index in [9.17, 15) is 15.2 Å². The SMILES string of the molecule is CCOc1cccc(N(C)CC(C)O)c1[N+](=O)[O-]. The first-order valence-corrected chi connectivity index (χ1v) is 5.76. The molecule has 0 heterocycles. The summed E-state index contributed by atoms with van der Waals surface area (Å²) in [5.41, 5.74) is 0.370. The van der Waals surface area contributed by atoms with Gasteiger partial charge in [-0.3, -0.25) is 10.1 Å². The fraction of sp³-hybridized carbons (Fsp3) is 0.500. The highest BCUT2D eigenvalue weighted by molar-refractivity contribution is 5.69. The molecule has 0 spiro atoms. The number of nitrogens with zero attached hydrogens (tertiary/aromatic N) is 2. The van der Waals surface area contributed by atoms with Crippen molar-refractivity contribution < 1.29 is 14.8 Å². The van der Waals surface area contributed by atoms with Gasteiger partial charge in [0.2, 0.25) is 0 Å². The molecule has 0 fully saturated rings. The van der Waals surface area contributed by atoms with Gasteiger partial charge in [0.05, 0.1) is 17.6 Å². The van der Waals surface area contributed by atoms with Crippen LogP contribution in [0.5, 0.6) is 5.75 Å². The molecule has 0 radical (unpaired) electrons. The lowest BCUT2D eigenvalue weighted by atomic mass is 10.2. The number of aliphatic hydroxyl groups excluding tert-OH is 1. The minimum absolute atomic E-state index is 0.0671. The highest BCUT2D eigenvalue weighted by Crippen LogP contribution is 2.36. The molecular formula is C12H18N2O4. The number of benzene rings is 1. The lowest BCUT2D eigenvalue weighted by Gasteiger charge is -2.21. The molecule has 0 amide bonds. The van der Waals surface area contributed by atoms with Crippen molar-refractivity contribution >= 4 is 11.4 Å². The summed E-state index contributed by atoms with van der Waals surface area (Å²) in [6, 6.07) is 4.91. The van der Waals surface area contributed by atoms with Crippen molar-refractivity contribution in [2.24, 2.45) is 0 Å². The van der Waals surface area contributed by atoms with Gasteiger partial charge in [0, 0.05) is 13.6 Å². The van der Waals surface area contributed by atoms with Crippen LogP contribution >= 0.6 is 0 Å². The fourth-order valence-electron chi connectivity index (χ4n) is 1.77. The number of anilines is 1. The quantitative estimate of drug-likeness (QED) is 0.619. The van der Waals surface area contributed by atoms with Crippen LogP contribution in [0.15, 0.2) is 18.2 Å². The molecule has 0 saturated carbocycles. The number of rotatable bonds is 6. The summed E-state index contributed by atoms with van der Waals surface area (Å²) in [4.78, 5) is 12.3. The maximum Gasteiger partial charge on any atom is 0.333 e. The number of nitro groups is 1. The van der Waals surface area contributed by atoms with Gasteiger partial charge in [-0.2, -0.15) is 0 Å². The maximum atomic E-state index is 11.1. The molecule has 1 aromatic rings. The summed E-state index contributed by atoms with van der Waals surface area (Å²) in [6.07, 6.45) is -0.564. The van der Waals surface area contributed by atoms with Gasteiger partial charge < -0.3 is 14.7 Å². The van der Waals surface area contributed by atoms with E-state index in [1.807, 2.05) is 0 Å². The number of ether oxygens (including phenoxy) is 1. The van der Waals surface area contributed by atoms with Crippen molar-refractivity contribution in [2.45, 2.75) is 20.0 Å². The predicted molar refractivity (Wildman–Crippen MR) is 69.2 cm³/mol. The Hall–Kier alpha value is -1.82. The van der Waals surface area contributed by atoms with Crippen LogP contribution in [0, 0.1) is 10.1 Å². The Morgan fingerprint density at radius 2 is 2.22 bits per heavy atom. The molecule has 100 valence electrons. The molecule has 18 heavy (non-hydrogen) atoms. The molecule has 1 unspecified atom stereocenters. The van der Waals surface area contributed by atoms with E-state index in [1.165, 1.54) is 0 Å². The van der Waals surface area contributed by atoms with E-state index in [2.05, 4.69) is 0 Å². The zero-order chi connectivity index (χ0) is 13.7. The number of aliphatic hydroxyl groups is 1. The molecular weight excluding hydrogens is 236 g/mol. The molecule has 6 nitrogen and oxygen atoms in total. The summed E-state index contributed by atoms with van der Waals surface area (Å²) in [5.74, 6) is 0.248. The van der Waals surface area contributed by atoms with Crippen LogP contribution in [0.25, 0.3) is 0 Å². The van der Waals surface area contributed by atoms with Gasteiger partial charge in [0.1, 0.15) is 5.69 Å². The monoisotopic (exact) mass is 254 g/mol. The van der Waals surface area contributed by atoms with Gasteiger partial charge in [0.25, 0.3) is 0 Å². The molecule has 1 aromatic carbocycles. The van der Waals surface area contributed by atoms with Crippen LogP contribution in [-0.4, -0.2) is 36.3 Å². The number of hydrogen-bond acceptors (Lipinski definition) is 5. The minimum atomic E-state index is -0.564. The molecule has 0 saturated heterocycles. The van der Waals surface area contributed by atoms with Crippen LogP contribution < -0.4 is 9.64 Å². The average Bonchev–Trinajstić information content (AvgIpc) is 2.27. The third-order valence-electron chi connectivity index (χ3n) is 2.41. The summed E-state index contributed by atoms with van der Waals surface area (Å²) in [7, 11) is 1.70. The Labute approximate surface area is 106 Å². The molecule has 1 N–H and O–H groups in total. The van der Waals surface area contributed by atoms with Gasteiger partial charge in [0.15, 0.2) is 5.75 Å². The lowest BCUT2D eigenvalue weighted by molar-refractivity contribution is -0.385. The Morgan fingerprint density at radius 3 is 2.72 bits per heavy atom. The van der Waals surface area contributed by atoms with Gasteiger partial charge in [-0.05, 0) is 26.0 Å². The van der Waals surface area contributed by atoms with Crippen molar-refractivity contribution in [2.75, 3.05) is 25.1 Å². The Bertz CT molecular complexity index is 421. The maximum absolute atomic E-state index is 11.1. The molecule has 0 bridgehead atoms. The Kier molecular flexibility index (Phi) is 4.91. The second kappa shape index (κ2) is 6.20. The second-order valence-corrected chi connectivity index (χ2v) is 4.04. The summed E-state index contributed by atoms with van der Waals surface area (Å²) < 4.78 is 5.26. The van der Waals surface area contributed by atoms with Gasteiger partial charge in [-0.15, -0.1) is 0 Å². The number of nitro benzene ring substituents is 1. The molecule has 0 aliphatic carbocycles. The molecule has 1 atom stereocenters. The summed E-state index contributed by atoms with van der Waals surface area (Å²) in [5, 5.41) is 20.5. The number of hydrogen-bond donors (Lipinski definition) is 1. The van der Waals surface area contributed by atoms with Crippen LogP contribution in [-0.2, 0) is 0 Å². The Morgan fingerprint density at radius 1 is 1.56 bits per heavy atom. The van der Waals surface area contributed by atoms with E-state index < -0.39 is 11.0 Å². The van der Waals surface area contributed by atoms with Crippen molar-refractivity contribution in [3.63, 3.8) is 0 Å². The number of para-hydroxylation sites is 1. The molecule has 6 heteroatoms. The van der Waals surface area contributed by atoms with E-state index in [4.69, 9.17) is 4.74 Å². The van der Waals surface area contributed by atoms with Crippen LogP contribution in [0.1, 0.15) is 13.8 Å². The van der Waals surface area contributed by atoms with E-state index in [0.717, 1.165) is 0 Å². The average molecular weight is 254 g/mol.